The highest BCUT2D eigenvalue weighted by atomic mass is 16.7. The summed E-state index contributed by atoms with van der Waals surface area (Å²) in [6, 6.07) is 8.88. The average molecular weight is 391 g/mol. The van der Waals surface area contributed by atoms with E-state index in [4.69, 9.17) is 15.2 Å². The first-order valence-electron chi connectivity index (χ1n) is 10.3. The number of aromatic hydroxyl groups is 1. The van der Waals surface area contributed by atoms with Gasteiger partial charge in [-0.1, -0.05) is 24.0 Å². The van der Waals surface area contributed by atoms with Crippen LogP contribution in [-0.4, -0.2) is 34.3 Å². The van der Waals surface area contributed by atoms with Crippen LogP contribution >= 0.6 is 0 Å². The van der Waals surface area contributed by atoms with E-state index < -0.39 is 0 Å². The van der Waals surface area contributed by atoms with Crippen LogP contribution in [0.2, 0.25) is 0 Å². The van der Waals surface area contributed by atoms with Crippen molar-refractivity contribution in [2.45, 2.75) is 44.3 Å². The van der Waals surface area contributed by atoms with Crippen LogP contribution in [0.3, 0.4) is 0 Å². The zero-order valence-electron chi connectivity index (χ0n) is 16.4. The number of nitrogens with two attached hydrogens (primary N) is 1. The highest BCUT2D eigenvalue weighted by Crippen LogP contribution is 2.56. The summed E-state index contributed by atoms with van der Waals surface area (Å²) in [5.41, 5.74) is 7.91. The number of ether oxygens (including phenoxy) is 2. The quantitative estimate of drug-likeness (QED) is 0.762. The van der Waals surface area contributed by atoms with Gasteiger partial charge >= 0.3 is 0 Å². The van der Waals surface area contributed by atoms with E-state index in [9.17, 15) is 5.11 Å². The molecule has 5 rings (SSSR count). The van der Waals surface area contributed by atoms with Crippen LogP contribution in [0.4, 0.5) is 5.82 Å². The molecule has 150 valence electrons. The lowest BCUT2D eigenvalue weighted by molar-refractivity contribution is -0.188. The highest BCUT2D eigenvalue weighted by molar-refractivity contribution is 5.69. The molecule has 0 radical (unpaired) electrons. The standard InChI is InChI=1S/C23H25N3O3/c24-21-16(15-19(25-26-21)18-3-1-2-4-20(18)27)7-8-22(17-5-6-17)9-11-23(12-10-22)28-13-14-29-23/h1-4,15,17,27H,5-6,9-14H2,(H2,24,26). The number of phenolic OH excluding ortho intramolecular Hbond substituents is 1. The van der Waals surface area contributed by atoms with Crippen LogP contribution in [-0.2, 0) is 9.47 Å². The number of benzene rings is 1. The third-order valence-electron chi connectivity index (χ3n) is 6.53. The zero-order chi connectivity index (χ0) is 19.9. The van der Waals surface area contributed by atoms with Crippen LogP contribution in [0.5, 0.6) is 5.75 Å². The molecule has 1 spiro atoms. The number of rotatable bonds is 2. The topological polar surface area (TPSA) is 90.5 Å². The minimum atomic E-state index is -0.380. The molecule has 1 aromatic heterocycles. The maximum Gasteiger partial charge on any atom is 0.168 e. The van der Waals surface area contributed by atoms with E-state index in [1.165, 1.54) is 12.8 Å². The summed E-state index contributed by atoms with van der Waals surface area (Å²) in [7, 11) is 0. The van der Waals surface area contributed by atoms with Crippen molar-refractivity contribution in [3.05, 3.63) is 35.9 Å². The van der Waals surface area contributed by atoms with E-state index in [2.05, 4.69) is 22.0 Å². The fourth-order valence-electron chi connectivity index (χ4n) is 4.65. The van der Waals surface area contributed by atoms with Crippen molar-refractivity contribution < 1.29 is 14.6 Å². The van der Waals surface area contributed by atoms with Gasteiger partial charge in [0.2, 0.25) is 0 Å². The molecule has 3 N–H and O–H groups in total. The van der Waals surface area contributed by atoms with Gasteiger partial charge in [-0.3, -0.25) is 0 Å². The molecular formula is C23H25N3O3. The lowest BCUT2D eigenvalue weighted by Crippen LogP contribution is -2.40. The van der Waals surface area contributed by atoms with Crippen molar-refractivity contribution in [1.29, 1.82) is 0 Å². The maximum atomic E-state index is 10.1. The predicted octanol–water partition coefficient (Wildman–Crippen LogP) is 3.50. The monoisotopic (exact) mass is 391 g/mol. The van der Waals surface area contributed by atoms with Crippen LogP contribution < -0.4 is 5.73 Å². The summed E-state index contributed by atoms with van der Waals surface area (Å²) in [6.07, 6.45) is 6.22. The molecule has 1 aromatic carbocycles. The van der Waals surface area contributed by atoms with Crippen molar-refractivity contribution in [1.82, 2.24) is 10.2 Å². The number of nitrogen functional groups attached to an aromatic ring is 1. The van der Waals surface area contributed by atoms with Crippen LogP contribution in [0, 0.1) is 23.2 Å². The predicted molar refractivity (Wildman–Crippen MR) is 109 cm³/mol. The Balaban J connectivity index is 1.44. The Kier molecular flexibility index (Phi) is 4.45. The molecule has 29 heavy (non-hydrogen) atoms. The van der Waals surface area contributed by atoms with Crippen LogP contribution in [0.15, 0.2) is 30.3 Å². The number of nitrogens with zero attached hydrogens (tertiary/aromatic N) is 2. The van der Waals surface area contributed by atoms with E-state index >= 15 is 0 Å². The molecule has 0 bridgehead atoms. The summed E-state index contributed by atoms with van der Waals surface area (Å²) < 4.78 is 11.8. The van der Waals surface area contributed by atoms with E-state index in [1.54, 1.807) is 18.2 Å². The number of hydrogen-bond acceptors (Lipinski definition) is 6. The van der Waals surface area contributed by atoms with Gasteiger partial charge in [0.15, 0.2) is 11.6 Å². The van der Waals surface area contributed by atoms with Gasteiger partial charge in [0, 0.05) is 23.8 Å². The Morgan fingerprint density at radius 2 is 1.76 bits per heavy atom. The molecule has 1 saturated heterocycles. The number of aromatic nitrogens is 2. The minimum Gasteiger partial charge on any atom is -0.507 e. The van der Waals surface area contributed by atoms with Crippen LogP contribution in [0.25, 0.3) is 11.3 Å². The van der Waals surface area contributed by atoms with E-state index in [1.807, 2.05) is 12.1 Å². The summed E-state index contributed by atoms with van der Waals surface area (Å²) in [5, 5.41) is 18.3. The number of anilines is 1. The Morgan fingerprint density at radius 3 is 2.45 bits per heavy atom. The lowest BCUT2D eigenvalue weighted by atomic mass is 9.69. The van der Waals surface area contributed by atoms with Crippen molar-refractivity contribution in [3.63, 3.8) is 0 Å². The first-order chi connectivity index (χ1) is 14.1. The smallest absolute Gasteiger partial charge is 0.168 e. The Labute approximate surface area is 170 Å². The number of para-hydroxylation sites is 1. The Bertz CT molecular complexity index is 974. The second-order valence-corrected chi connectivity index (χ2v) is 8.33. The molecule has 2 saturated carbocycles. The summed E-state index contributed by atoms with van der Waals surface area (Å²) >= 11 is 0. The van der Waals surface area contributed by atoms with E-state index in [0.29, 0.717) is 41.8 Å². The largest absolute Gasteiger partial charge is 0.507 e. The highest BCUT2D eigenvalue weighted by Gasteiger charge is 2.51. The third kappa shape index (κ3) is 3.45. The van der Waals surface area contributed by atoms with Crippen LogP contribution in [0.1, 0.15) is 44.1 Å². The Morgan fingerprint density at radius 1 is 1.03 bits per heavy atom. The molecule has 3 aliphatic rings. The van der Waals surface area contributed by atoms with Gasteiger partial charge < -0.3 is 20.3 Å². The molecule has 2 heterocycles. The van der Waals surface area contributed by atoms with Gasteiger partial charge in [-0.05, 0) is 49.8 Å². The van der Waals surface area contributed by atoms with Crippen molar-refractivity contribution in [2.24, 2.45) is 11.3 Å². The van der Waals surface area contributed by atoms with Gasteiger partial charge in [-0.15, -0.1) is 10.2 Å². The fourth-order valence-corrected chi connectivity index (χ4v) is 4.65. The normalized spacial score (nSPS) is 22.2. The van der Waals surface area contributed by atoms with E-state index in [-0.39, 0.29) is 17.0 Å². The van der Waals surface area contributed by atoms with Crippen molar-refractivity contribution in [3.8, 4) is 28.8 Å². The molecule has 0 atom stereocenters. The van der Waals surface area contributed by atoms with Crippen molar-refractivity contribution in [2.75, 3.05) is 18.9 Å². The van der Waals surface area contributed by atoms with Crippen molar-refractivity contribution >= 4 is 5.82 Å². The summed E-state index contributed by atoms with van der Waals surface area (Å²) in [5.74, 6) is 7.63. The Hall–Kier alpha value is -2.62. The summed E-state index contributed by atoms with van der Waals surface area (Å²) in [4.78, 5) is 0. The second kappa shape index (κ2) is 7.01. The number of phenols is 1. The molecule has 6 nitrogen and oxygen atoms in total. The lowest BCUT2D eigenvalue weighted by Gasteiger charge is -2.41. The average Bonchev–Trinajstić information content (AvgIpc) is 3.50. The van der Waals surface area contributed by atoms with Gasteiger partial charge in [0.1, 0.15) is 5.75 Å². The first kappa shape index (κ1) is 18.4. The molecule has 1 aliphatic heterocycles. The fraction of sp³-hybridized carbons (Fsp3) is 0.478. The minimum absolute atomic E-state index is 0.00861. The van der Waals surface area contributed by atoms with Gasteiger partial charge in [0.25, 0.3) is 0 Å². The molecular weight excluding hydrogens is 366 g/mol. The molecule has 0 amide bonds. The molecule has 6 heteroatoms. The maximum absolute atomic E-state index is 10.1. The third-order valence-corrected chi connectivity index (χ3v) is 6.53. The molecule has 2 aromatic rings. The zero-order valence-corrected chi connectivity index (χ0v) is 16.4. The van der Waals surface area contributed by atoms with Gasteiger partial charge in [0.05, 0.1) is 24.5 Å². The van der Waals surface area contributed by atoms with E-state index in [0.717, 1.165) is 25.7 Å². The first-order valence-corrected chi connectivity index (χ1v) is 10.3. The molecule has 0 unspecified atom stereocenters. The number of hydrogen-bond donors (Lipinski definition) is 2. The van der Waals surface area contributed by atoms with Gasteiger partial charge in [-0.2, -0.15) is 0 Å². The molecule has 3 fully saturated rings. The SMILES string of the molecule is Nc1nnc(-c2ccccc2O)cc1C#CC1(C2CC2)CCC2(CC1)OCCO2. The van der Waals surface area contributed by atoms with Gasteiger partial charge in [-0.25, -0.2) is 0 Å². The second-order valence-electron chi connectivity index (χ2n) is 8.33. The molecule has 2 aliphatic carbocycles. The summed E-state index contributed by atoms with van der Waals surface area (Å²) in [6.45, 7) is 1.38.